The number of alkyl halides is 1. The van der Waals surface area contributed by atoms with Crippen LogP contribution in [0, 0.1) is 6.92 Å². The zero-order chi connectivity index (χ0) is 11.5. The fourth-order valence-corrected chi connectivity index (χ4v) is 1.44. The Bertz CT molecular complexity index is 449. The van der Waals surface area contributed by atoms with Crippen LogP contribution in [0.2, 0.25) is 0 Å². The summed E-state index contributed by atoms with van der Waals surface area (Å²) in [6, 6.07) is 1.58. The molecule has 0 aliphatic rings. The van der Waals surface area contributed by atoms with E-state index in [4.69, 9.17) is 16.3 Å². The predicted molar refractivity (Wildman–Crippen MR) is 56.6 cm³/mol. The Morgan fingerprint density at radius 2 is 2.20 bits per heavy atom. The molecule has 0 fully saturated rings. The van der Waals surface area contributed by atoms with E-state index in [9.17, 15) is 8.42 Å². The zero-order valence-electron chi connectivity index (χ0n) is 8.19. The summed E-state index contributed by atoms with van der Waals surface area (Å²) in [5.74, 6) is 0.238. The second kappa shape index (κ2) is 4.63. The predicted octanol–water partition coefficient (Wildman–Crippen LogP) is 0.732. The van der Waals surface area contributed by atoms with E-state index >= 15 is 0 Å². The number of halogens is 1. The standard InChI is InChI=1S/C7H10ClN3O3S/c1-5-3-6(14-2)10-7(9-5)11-15(12,13)4-8/h3H,4H2,1-2H3,(H,9,10,11). The molecule has 0 aromatic carbocycles. The molecule has 15 heavy (non-hydrogen) atoms. The van der Waals surface area contributed by atoms with Crippen LogP contribution in [0.4, 0.5) is 5.95 Å². The smallest absolute Gasteiger partial charge is 0.249 e. The molecular formula is C7H10ClN3O3S. The van der Waals surface area contributed by atoms with Gasteiger partial charge in [-0.15, -0.1) is 11.6 Å². The highest BCUT2D eigenvalue weighted by atomic mass is 35.5. The molecule has 0 atom stereocenters. The highest BCUT2D eigenvalue weighted by Crippen LogP contribution is 2.12. The molecule has 1 rings (SSSR count). The minimum absolute atomic E-state index is 0.0486. The van der Waals surface area contributed by atoms with Crippen LogP contribution < -0.4 is 9.46 Å². The molecule has 0 spiro atoms. The average Bonchev–Trinajstić information content (AvgIpc) is 2.16. The molecule has 1 aromatic rings. The largest absolute Gasteiger partial charge is 0.481 e. The topological polar surface area (TPSA) is 81.2 Å². The third kappa shape index (κ3) is 3.52. The van der Waals surface area contributed by atoms with E-state index < -0.39 is 15.2 Å². The van der Waals surface area contributed by atoms with Gasteiger partial charge in [-0.1, -0.05) is 0 Å². The van der Waals surface area contributed by atoms with E-state index in [0.29, 0.717) is 5.69 Å². The number of rotatable bonds is 4. The lowest BCUT2D eigenvalue weighted by Gasteiger charge is -2.06. The van der Waals surface area contributed by atoms with Gasteiger partial charge >= 0.3 is 0 Å². The molecule has 0 unspecified atom stereocenters. The number of nitrogens with one attached hydrogen (secondary N) is 1. The van der Waals surface area contributed by atoms with Gasteiger partial charge in [0.15, 0.2) is 0 Å². The van der Waals surface area contributed by atoms with Gasteiger partial charge in [0, 0.05) is 11.8 Å². The van der Waals surface area contributed by atoms with Crippen molar-refractivity contribution in [3.63, 3.8) is 0 Å². The van der Waals surface area contributed by atoms with E-state index in [2.05, 4.69) is 14.7 Å². The minimum Gasteiger partial charge on any atom is -0.481 e. The lowest BCUT2D eigenvalue weighted by molar-refractivity contribution is 0.397. The van der Waals surface area contributed by atoms with Crippen molar-refractivity contribution < 1.29 is 13.2 Å². The third-order valence-corrected chi connectivity index (χ3v) is 3.07. The summed E-state index contributed by atoms with van der Waals surface area (Å²) >= 11 is 5.22. The summed E-state index contributed by atoms with van der Waals surface area (Å²) in [7, 11) is -2.15. The quantitative estimate of drug-likeness (QED) is 0.798. The van der Waals surface area contributed by atoms with E-state index in [0.717, 1.165) is 0 Å². The number of aromatic nitrogens is 2. The van der Waals surface area contributed by atoms with Crippen LogP contribution in [0.25, 0.3) is 0 Å². The normalized spacial score (nSPS) is 11.1. The van der Waals surface area contributed by atoms with Gasteiger partial charge in [-0.25, -0.2) is 13.4 Å². The van der Waals surface area contributed by atoms with Crippen molar-refractivity contribution in [3.8, 4) is 5.88 Å². The molecule has 0 aliphatic carbocycles. The number of ether oxygens (including phenoxy) is 1. The summed E-state index contributed by atoms with van der Waals surface area (Å²) in [6.07, 6.45) is 0. The number of nitrogens with zero attached hydrogens (tertiary/aromatic N) is 2. The van der Waals surface area contributed by atoms with Crippen molar-refractivity contribution in [3.05, 3.63) is 11.8 Å². The molecule has 8 heteroatoms. The SMILES string of the molecule is COc1cc(C)nc(NS(=O)(=O)CCl)n1. The van der Waals surface area contributed by atoms with E-state index in [1.807, 2.05) is 0 Å². The van der Waals surface area contributed by atoms with Gasteiger partial charge in [-0.2, -0.15) is 4.98 Å². The van der Waals surface area contributed by atoms with Crippen molar-refractivity contribution in [2.45, 2.75) is 6.92 Å². The van der Waals surface area contributed by atoms with Gasteiger partial charge in [-0.3, -0.25) is 4.72 Å². The number of methoxy groups -OCH3 is 1. The Morgan fingerprint density at radius 1 is 1.53 bits per heavy atom. The number of hydrogen-bond acceptors (Lipinski definition) is 5. The number of anilines is 1. The maximum absolute atomic E-state index is 11.1. The van der Waals surface area contributed by atoms with Gasteiger partial charge in [0.2, 0.25) is 21.9 Å². The lowest BCUT2D eigenvalue weighted by atomic mass is 10.4. The molecule has 0 saturated heterocycles. The van der Waals surface area contributed by atoms with Crippen molar-refractivity contribution >= 4 is 27.6 Å². The number of hydrogen-bond donors (Lipinski definition) is 1. The molecule has 0 saturated carbocycles. The summed E-state index contributed by atoms with van der Waals surface area (Å²) < 4.78 is 29.2. The van der Waals surface area contributed by atoms with Crippen LogP contribution in [0.3, 0.4) is 0 Å². The lowest BCUT2D eigenvalue weighted by Crippen LogP contribution is -2.16. The van der Waals surface area contributed by atoms with Crippen LogP contribution in [0.1, 0.15) is 5.69 Å². The molecule has 1 N–H and O–H groups in total. The Hall–Kier alpha value is -1.08. The maximum atomic E-state index is 11.1. The summed E-state index contributed by atoms with van der Waals surface area (Å²) in [6.45, 7) is 1.70. The Balaban J connectivity index is 3.00. The van der Waals surface area contributed by atoms with E-state index in [1.165, 1.54) is 7.11 Å². The van der Waals surface area contributed by atoms with Crippen LogP contribution in [0.5, 0.6) is 5.88 Å². The van der Waals surface area contributed by atoms with Crippen molar-refractivity contribution in [2.24, 2.45) is 0 Å². The number of aryl methyl sites for hydroxylation is 1. The van der Waals surface area contributed by atoms with Gasteiger partial charge in [0.05, 0.1) is 7.11 Å². The maximum Gasteiger partial charge on any atom is 0.249 e. The molecule has 1 heterocycles. The minimum atomic E-state index is -3.58. The third-order valence-electron chi connectivity index (χ3n) is 1.43. The summed E-state index contributed by atoms with van der Waals surface area (Å²) in [5.41, 5.74) is 0.592. The van der Waals surface area contributed by atoms with E-state index in [1.54, 1.807) is 13.0 Å². The summed E-state index contributed by atoms with van der Waals surface area (Å²) in [4.78, 5) is 7.68. The molecule has 84 valence electrons. The second-order valence-corrected chi connectivity index (χ2v) is 5.01. The van der Waals surface area contributed by atoms with Crippen LogP contribution in [-0.4, -0.2) is 30.7 Å². The van der Waals surface area contributed by atoms with Gasteiger partial charge in [-0.05, 0) is 6.92 Å². The van der Waals surface area contributed by atoms with Crippen LogP contribution in [-0.2, 0) is 10.0 Å². The first-order valence-corrected chi connectivity index (χ1v) is 6.11. The molecule has 0 amide bonds. The fraction of sp³-hybridized carbons (Fsp3) is 0.429. The van der Waals surface area contributed by atoms with Crippen molar-refractivity contribution in [1.29, 1.82) is 0 Å². The monoisotopic (exact) mass is 251 g/mol. The average molecular weight is 252 g/mol. The Morgan fingerprint density at radius 3 is 2.73 bits per heavy atom. The van der Waals surface area contributed by atoms with Crippen LogP contribution >= 0.6 is 11.6 Å². The first kappa shape index (κ1) is 12.0. The molecule has 6 nitrogen and oxygen atoms in total. The number of sulfonamides is 1. The van der Waals surface area contributed by atoms with Crippen molar-refractivity contribution in [2.75, 3.05) is 17.0 Å². The highest BCUT2D eigenvalue weighted by Gasteiger charge is 2.11. The van der Waals surface area contributed by atoms with Gasteiger partial charge < -0.3 is 4.74 Å². The second-order valence-electron chi connectivity index (χ2n) is 2.70. The molecule has 1 aromatic heterocycles. The summed E-state index contributed by atoms with van der Waals surface area (Å²) in [5, 5.41) is -0.549. The molecular weight excluding hydrogens is 242 g/mol. The molecule has 0 radical (unpaired) electrons. The first-order valence-electron chi connectivity index (χ1n) is 3.93. The first-order chi connectivity index (χ1) is 6.96. The van der Waals surface area contributed by atoms with Gasteiger partial charge in [0.1, 0.15) is 5.21 Å². The van der Waals surface area contributed by atoms with E-state index in [-0.39, 0.29) is 11.8 Å². The molecule has 0 aliphatic heterocycles. The zero-order valence-corrected chi connectivity index (χ0v) is 9.76. The highest BCUT2D eigenvalue weighted by molar-refractivity contribution is 7.93. The Labute approximate surface area is 92.7 Å². The Kier molecular flexibility index (Phi) is 3.70. The van der Waals surface area contributed by atoms with Gasteiger partial charge in [0.25, 0.3) is 0 Å². The van der Waals surface area contributed by atoms with Crippen molar-refractivity contribution in [1.82, 2.24) is 9.97 Å². The van der Waals surface area contributed by atoms with Crippen LogP contribution in [0.15, 0.2) is 6.07 Å². The molecule has 0 bridgehead atoms. The fourth-order valence-electron chi connectivity index (χ4n) is 0.856.